The van der Waals surface area contributed by atoms with E-state index in [4.69, 9.17) is 0 Å². The quantitative estimate of drug-likeness (QED) is 0.898. The fourth-order valence-electron chi connectivity index (χ4n) is 2.79. The van der Waals surface area contributed by atoms with E-state index in [1.54, 1.807) is 25.2 Å². The van der Waals surface area contributed by atoms with Crippen LogP contribution in [0, 0.1) is 5.82 Å². The molecule has 1 saturated heterocycles. The first-order valence-electron chi connectivity index (χ1n) is 7.99. The second-order valence-electron chi connectivity index (χ2n) is 5.74. The third-order valence-electron chi connectivity index (χ3n) is 4.16. The van der Waals surface area contributed by atoms with Crippen LogP contribution in [0.4, 0.5) is 15.9 Å². The van der Waals surface area contributed by atoms with Crippen LogP contribution in [0.25, 0.3) is 0 Å². The van der Waals surface area contributed by atoms with E-state index in [1.165, 1.54) is 6.07 Å². The Hall–Kier alpha value is -2.70. The summed E-state index contributed by atoms with van der Waals surface area (Å²) in [6.07, 6.45) is 1.76. The topological polar surface area (TPSA) is 70.2 Å². The number of carbonyl (C=O) groups excluding carboxylic acids is 1. The van der Waals surface area contributed by atoms with Crippen LogP contribution in [-0.2, 0) is 0 Å². The molecule has 1 amide bonds. The molecule has 7 heteroatoms. The maximum Gasteiger partial charge on any atom is 0.271 e. The van der Waals surface area contributed by atoms with Gasteiger partial charge in [0.2, 0.25) is 0 Å². The highest BCUT2D eigenvalue weighted by Gasteiger charge is 2.21. The van der Waals surface area contributed by atoms with Gasteiger partial charge < -0.3 is 15.5 Å². The van der Waals surface area contributed by atoms with Crippen molar-refractivity contribution in [3.05, 3.63) is 47.9 Å². The van der Waals surface area contributed by atoms with Gasteiger partial charge in [-0.3, -0.25) is 4.79 Å². The molecular formula is C17H20FN5O. The first-order valence-corrected chi connectivity index (χ1v) is 7.99. The van der Waals surface area contributed by atoms with Gasteiger partial charge in [-0.2, -0.15) is 0 Å². The third-order valence-corrected chi connectivity index (χ3v) is 4.16. The highest BCUT2D eigenvalue weighted by Crippen LogP contribution is 2.21. The molecule has 1 aliphatic heterocycles. The number of carbonyl (C=O) groups is 1. The Kier molecular flexibility index (Phi) is 4.88. The molecule has 0 saturated carbocycles. The van der Waals surface area contributed by atoms with E-state index in [-0.39, 0.29) is 17.8 Å². The summed E-state index contributed by atoms with van der Waals surface area (Å²) in [6, 6.07) is 10.4. The summed E-state index contributed by atoms with van der Waals surface area (Å²) in [5.41, 5.74) is 0.850. The third kappa shape index (κ3) is 3.61. The molecule has 0 unspecified atom stereocenters. The van der Waals surface area contributed by atoms with Gasteiger partial charge in [0.25, 0.3) is 5.91 Å². The number of amides is 1. The average molecular weight is 329 g/mol. The van der Waals surface area contributed by atoms with Crippen molar-refractivity contribution in [2.24, 2.45) is 0 Å². The molecule has 2 heterocycles. The first-order chi connectivity index (χ1) is 11.7. The van der Waals surface area contributed by atoms with Gasteiger partial charge in [-0.25, -0.2) is 4.39 Å². The van der Waals surface area contributed by atoms with E-state index < -0.39 is 0 Å². The van der Waals surface area contributed by atoms with Crippen LogP contribution >= 0.6 is 0 Å². The van der Waals surface area contributed by atoms with Gasteiger partial charge in [0, 0.05) is 26.2 Å². The van der Waals surface area contributed by atoms with Crippen molar-refractivity contribution in [2.75, 3.05) is 30.4 Å². The number of rotatable bonds is 4. The number of para-hydroxylation sites is 1. The normalized spacial score (nSPS) is 15.2. The summed E-state index contributed by atoms with van der Waals surface area (Å²) in [5.74, 6) is 0.282. The highest BCUT2D eigenvalue weighted by atomic mass is 19.1. The molecular weight excluding hydrogens is 309 g/mol. The maximum atomic E-state index is 13.7. The number of anilines is 2. The summed E-state index contributed by atoms with van der Waals surface area (Å²) in [7, 11) is 1.56. The van der Waals surface area contributed by atoms with E-state index >= 15 is 0 Å². The number of aromatic nitrogens is 2. The molecule has 6 nitrogen and oxygen atoms in total. The fraction of sp³-hybridized carbons (Fsp3) is 0.353. The number of nitrogens with zero attached hydrogens (tertiary/aromatic N) is 3. The van der Waals surface area contributed by atoms with Crippen LogP contribution in [0.1, 0.15) is 23.3 Å². The van der Waals surface area contributed by atoms with Gasteiger partial charge in [0.15, 0.2) is 11.5 Å². The van der Waals surface area contributed by atoms with Crippen LogP contribution in [0.3, 0.4) is 0 Å². The van der Waals surface area contributed by atoms with Crippen LogP contribution in [0.5, 0.6) is 0 Å². The average Bonchev–Trinajstić information content (AvgIpc) is 2.64. The van der Waals surface area contributed by atoms with Crippen molar-refractivity contribution in [2.45, 2.75) is 18.9 Å². The molecule has 1 fully saturated rings. The van der Waals surface area contributed by atoms with Gasteiger partial charge >= 0.3 is 0 Å². The molecule has 0 atom stereocenters. The molecule has 0 bridgehead atoms. The molecule has 0 radical (unpaired) electrons. The molecule has 1 aromatic carbocycles. The minimum Gasteiger partial charge on any atom is -0.380 e. The fourth-order valence-corrected chi connectivity index (χ4v) is 2.79. The molecule has 2 aromatic rings. The zero-order chi connectivity index (χ0) is 16.9. The zero-order valence-electron chi connectivity index (χ0n) is 13.5. The Balaban J connectivity index is 1.57. The predicted molar refractivity (Wildman–Crippen MR) is 90.7 cm³/mol. The molecule has 2 N–H and O–H groups in total. The van der Waals surface area contributed by atoms with Crippen molar-refractivity contribution in [1.29, 1.82) is 0 Å². The summed E-state index contributed by atoms with van der Waals surface area (Å²) in [6.45, 7) is 1.61. The molecule has 126 valence electrons. The Morgan fingerprint density at radius 3 is 2.54 bits per heavy atom. The lowest BCUT2D eigenvalue weighted by molar-refractivity contribution is 0.0957. The summed E-state index contributed by atoms with van der Waals surface area (Å²) < 4.78 is 13.7. The number of halogens is 1. The Morgan fingerprint density at radius 2 is 1.92 bits per heavy atom. The highest BCUT2D eigenvalue weighted by molar-refractivity contribution is 5.91. The number of hydrogen-bond donors (Lipinski definition) is 2. The standard InChI is InChI=1S/C17H20FN5O/c1-19-17(24)15-6-7-16(22-21-15)23-10-8-12(9-11-23)20-14-5-3-2-4-13(14)18/h2-7,12,20H,8-11H2,1H3,(H,19,24). The monoisotopic (exact) mass is 329 g/mol. The number of piperidine rings is 1. The second kappa shape index (κ2) is 7.25. The van der Waals surface area contributed by atoms with Crippen molar-refractivity contribution < 1.29 is 9.18 Å². The van der Waals surface area contributed by atoms with Gasteiger partial charge in [0.05, 0.1) is 5.69 Å². The maximum absolute atomic E-state index is 13.7. The smallest absolute Gasteiger partial charge is 0.271 e. The Morgan fingerprint density at radius 1 is 1.17 bits per heavy atom. The van der Waals surface area contributed by atoms with Crippen LogP contribution in [-0.4, -0.2) is 42.3 Å². The van der Waals surface area contributed by atoms with Crippen LogP contribution < -0.4 is 15.5 Å². The van der Waals surface area contributed by atoms with Gasteiger partial charge in [-0.15, -0.1) is 10.2 Å². The molecule has 1 aromatic heterocycles. The first kappa shape index (κ1) is 16.2. The minimum atomic E-state index is -0.248. The summed E-state index contributed by atoms with van der Waals surface area (Å²) in [4.78, 5) is 13.6. The SMILES string of the molecule is CNC(=O)c1ccc(N2CCC(Nc3ccccc3F)CC2)nn1. The summed E-state index contributed by atoms with van der Waals surface area (Å²) >= 11 is 0. The van der Waals surface area contributed by atoms with Crippen molar-refractivity contribution in [3.8, 4) is 0 Å². The van der Waals surface area contributed by atoms with Crippen LogP contribution in [0.2, 0.25) is 0 Å². The lowest BCUT2D eigenvalue weighted by Crippen LogP contribution is -2.39. The van der Waals surface area contributed by atoms with Gasteiger partial charge in [-0.05, 0) is 37.1 Å². The largest absolute Gasteiger partial charge is 0.380 e. The lowest BCUT2D eigenvalue weighted by Gasteiger charge is -2.33. The molecule has 24 heavy (non-hydrogen) atoms. The zero-order valence-corrected chi connectivity index (χ0v) is 13.5. The van der Waals surface area contributed by atoms with E-state index in [0.717, 1.165) is 31.7 Å². The lowest BCUT2D eigenvalue weighted by atomic mass is 10.0. The molecule has 0 spiro atoms. The number of nitrogens with one attached hydrogen (secondary N) is 2. The van der Waals surface area contributed by atoms with Gasteiger partial charge in [0.1, 0.15) is 5.82 Å². The van der Waals surface area contributed by atoms with Crippen molar-refractivity contribution in [3.63, 3.8) is 0 Å². The number of hydrogen-bond acceptors (Lipinski definition) is 5. The molecule has 1 aliphatic rings. The Bertz CT molecular complexity index is 698. The van der Waals surface area contributed by atoms with E-state index in [2.05, 4.69) is 25.7 Å². The van der Waals surface area contributed by atoms with E-state index in [0.29, 0.717) is 11.4 Å². The van der Waals surface area contributed by atoms with Crippen LogP contribution in [0.15, 0.2) is 36.4 Å². The minimum absolute atomic E-state index is 0.226. The summed E-state index contributed by atoms with van der Waals surface area (Å²) in [5, 5.41) is 13.9. The predicted octanol–water partition coefficient (Wildman–Crippen LogP) is 2.06. The molecule has 3 rings (SSSR count). The number of benzene rings is 1. The van der Waals surface area contributed by atoms with Gasteiger partial charge in [-0.1, -0.05) is 12.1 Å². The van der Waals surface area contributed by atoms with E-state index in [9.17, 15) is 9.18 Å². The van der Waals surface area contributed by atoms with Crippen molar-refractivity contribution >= 4 is 17.4 Å². The van der Waals surface area contributed by atoms with E-state index in [1.807, 2.05) is 12.1 Å². The molecule has 0 aliphatic carbocycles. The van der Waals surface area contributed by atoms with Crippen molar-refractivity contribution in [1.82, 2.24) is 15.5 Å². The Labute approximate surface area is 140 Å². The second-order valence-corrected chi connectivity index (χ2v) is 5.74.